The minimum Gasteiger partial charge on any atom is -0.309 e. The number of nitrogens with zero attached hydrogens (tertiary/aromatic N) is 1. The third kappa shape index (κ3) is 1.88. The van der Waals surface area contributed by atoms with E-state index in [9.17, 15) is 4.79 Å². The number of halogens is 1. The van der Waals surface area contributed by atoms with Gasteiger partial charge in [-0.05, 0) is 37.7 Å². The lowest BCUT2D eigenvalue weighted by atomic mass is 9.89. The van der Waals surface area contributed by atoms with E-state index in [4.69, 9.17) is 11.6 Å². The normalized spacial score (nSPS) is 20.9. The molecule has 0 amide bonds. The van der Waals surface area contributed by atoms with Crippen LogP contribution in [0.1, 0.15) is 41.9 Å². The van der Waals surface area contributed by atoms with Crippen molar-refractivity contribution in [2.24, 2.45) is 5.92 Å². The number of hydrogen-bond acceptors (Lipinski definition) is 3. The zero-order valence-electron chi connectivity index (χ0n) is 10.4. The Morgan fingerprint density at radius 3 is 3.06 bits per heavy atom. The van der Waals surface area contributed by atoms with Crippen molar-refractivity contribution < 1.29 is 0 Å². The molecule has 0 saturated heterocycles. The van der Waals surface area contributed by atoms with E-state index in [-0.39, 0.29) is 10.9 Å². The average molecular weight is 283 g/mol. The first-order chi connectivity index (χ1) is 8.56. The summed E-state index contributed by atoms with van der Waals surface area (Å²) in [5.41, 5.74) is 1.19. The second kappa shape index (κ2) is 4.35. The summed E-state index contributed by atoms with van der Waals surface area (Å²) in [6.07, 6.45) is 3.23. The van der Waals surface area contributed by atoms with E-state index in [1.54, 1.807) is 11.3 Å². The van der Waals surface area contributed by atoms with Gasteiger partial charge in [-0.1, -0.05) is 6.92 Å². The minimum absolute atomic E-state index is 0.0328. The van der Waals surface area contributed by atoms with Crippen molar-refractivity contribution in [1.29, 1.82) is 0 Å². The highest BCUT2D eigenvalue weighted by Gasteiger charge is 2.23. The fraction of sp³-hybridized carbons (Fsp3) is 0.538. The third-order valence-electron chi connectivity index (χ3n) is 3.56. The number of hydrogen-bond donors (Lipinski definition) is 1. The van der Waals surface area contributed by atoms with Crippen LogP contribution < -0.4 is 5.56 Å². The Balaban J connectivity index is 2.25. The summed E-state index contributed by atoms with van der Waals surface area (Å²) in [6.45, 7) is 4.08. The monoisotopic (exact) mass is 282 g/mol. The zero-order valence-corrected chi connectivity index (χ0v) is 12.0. The van der Waals surface area contributed by atoms with E-state index < -0.39 is 0 Å². The van der Waals surface area contributed by atoms with Gasteiger partial charge in [0.05, 0.1) is 10.8 Å². The number of aromatic nitrogens is 2. The van der Waals surface area contributed by atoms with Gasteiger partial charge in [0.2, 0.25) is 0 Å². The van der Waals surface area contributed by atoms with Crippen LogP contribution in [0.15, 0.2) is 4.79 Å². The Kier molecular flexibility index (Phi) is 2.94. The summed E-state index contributed by atoms with van der Waals surface area (Å²) in [6, 6.07) is 0. The molecule has 0 fully saturated rings. The van der Waals surface area contributed by atoms with Crippen molar-refractivity contribution in [2.75, 3.05) is 0 Å². The van der Waals surface area contributed by atoms with E-state index in [0.717, 1.165) is 29.5 Å². The first kappa shape index (κ1) is 12.2. The third-order valence-corrected chi connectivity index (χ3v) is 4.92. The molecular weight excluding hydrogens is 268 g/mol. The van der Waals surface area contributed by atoms with Crippen LogP contribution in [-0.4, -0.2) is 9.97 Å². The van der Waals surface area contributed by atoms with Crippen LogP contribution in [0.3, 0.4) is 0 Å². The number of aromatic amines is 1. The maximum Gasteiger partial charge on any atom is 0.259 e. The Labute approximate surface area is 114 Å². The molecule has 18 heavy (non-hydrogen) atoms. The lowest BCUT2D eigenvalue weighted by Gasteiger charge is -2.17. The predicted molar refractivity (Wildman–Crippen MR) is 75.7 cm³/mol. The molecule has 2 aromatic heterocycles. The van der Waals surface area contributed by atoms with Crippen molar-refractivity contribution in [2.45, 2.75) is 38.5 Å². The second-order valence-corrected chi connectivity index (χ2v) is 6.84. The molecule has 0 radical (unpaired) electrons. The molecule has 1 aliphatic carbocycles. The maximum absolute atomic E-state index is 12.2. The van der Waals surface area contributed by atoms with Gasteiger partial charge < -0.3 is 4.98 Å². The average Bonchev–Trinajstić information content (AvgIpc) is 2.66. The van der Waals surface area contributed by atoms with Crippen LogP contribution >= 0.6 is 22.9 Å². The number of fused-ring (bicyclic) bond motifs is 3. The number of thiophene rings is 1. The Morgan fingerprint density at radius 1 is 1.56 bits per heavy atom. The molecule has 0 aromatic carbocycles. The van der Waals surface area contributed by atoms with Crippen molar-refractivity contribution in [1.82, 2.24) is 9.97 Å². The highest BCUT2D eigenvalue weighted by Crippen LogP contribution is 2.35. The van der Waals surface area contributed by atoms with Crippen LogP contribution in [0.4, 0.5) is 0 Å². The van der Waals surface area contributed by atoms with Gasteiger partial charge in [-0.2, -0.15) is 0 Å². The first-order valence-corrected chi connectivity index (χ1v) is 7.50. The van der Waals surface area contributed by atoms with Gasteiger partial charge in [-0.25, -0.2) is 4.98 Å². The first-order valence-electron chi connectivity index (χ1n) is 6.24. The van der Waals surface area contributed by atoms with E-state index in [1.165, 1.54) is 10.4 Å². The molecule has 2 heterocycles. The SMILES string of the molecule is C[C@H]1CCc2c(sc3nc([C@@H](C)Cl)[nH]c(=O)c23)C1. The number of aryl methyl sites for hydroxylation is 1. The molecule has 5 heteroatoms. The van der Waals surface area contributed by atoms with E-state index in [2.05, 4.69) is 16.9 Å². The fourth-order valence-corrected chi connectivity index (χ4v) is 4.05. The molecule has 2 atom stereocenters. The van der Waals surface area contributed by atoms with Crippen LogP contribution in [0.5, 0.6) is 0 Å². The summed E-state index contributed by atoms with van der Waals surface area (Å²) < 4.78 is 0. The molecule has 3 rings (SSSR count). The highest BCUT2D eigenvalue weighted by atomic mass is 35.5. The lowest BCUT2D eigenvalue weighted by molar-refractivity contribution is 0.509. The maximum atomic E-state index is 12.2. The second-order valence-electron chi connectivity index (χ2n) is 5.10. The summed E-state index contributed by atoms with van der Waals surface area (Å²) >= 11 is 7.66. The highest BCUT2D eigenvalue weighted by molar-refractivity contribution is 7.18. The smallest absolute Gasteiger partial charge is 0.259 e. The van der Waals surface area contributed by atoms with Gasteiger partial charge in [0, 0.05) is 4.88 Å². The van der Waals surface area contributed by atoms with Gasteiger partial charge in [0.15, 0.2) is 0 Å². The molecule has 96 valence electrons. The van der Waals surface area contributed by atoms with Gasteiger partial charge in [0.25, 0.3) is 5.56 Å². The molecule has 2 aromatic rings. The molecule has 0 unspecified atom stereocenters. The topological polar surface area (TPSA) is 45.8 Å². The van der Waals surface area contributed by atoms with Gasteiger partial charge >= 0.3 is 0 Å². The summed E-state index contributed by atoms with van der Waals surface area (Å²) in [5, 5.41) is 0.531. The molecule has 3 nitrogen and oxygen atoms in total. The van der Waals surface area contributed by atoms with Crippen LogP contribution in [0, 0.1) is 5.92 Å². The fourth-order valence-electron chi connectivity index (χ4n) is 2.55. The predicted octanol–water partition coefficient (Wildman–Crippen LogP) is 3.41. The van der Waals surface area contributed by atoms with Gasteiger partial charge in [-0.3, -0.25) is 4.79 Å². The largest absolute Gasteiger partial charge is 0.309 e. The number of H-pyrrole nitrogens is 1. The number of rotatable bonds is 1. The van der Waals surface area contributed by atoms with Crippen molar-refractivity contribution in [3.8, 4) is 0 Å². The van der Waals surface area contributed by atoms with Gasteiger partial charge in [0.1, 0.15) is 10.7 Å². The molecule has 0 spiro atoms. The number of alkyl halides is 1. The molecule has 0 bridgehead atoms. The standard InChI is InChI=1S/C13H15ClN2OS/c1-6-3-4-8-9(5-6)18-13-10(8)12(17)15-11(16-13)7(2)14/h6-7H,3-5H2,1-2H3,(H,15,16,17)/t6-,7+/m0/s1. The molecule has 0 aliphatic heterocycles. The Hall–Kier alpha value is -0.870. The van der Waals surface area contributed by atoms with Crippen molar-refractivity contribution >= 4 is 33.2 Å². The molecular formula is C13H15ClN2OS. The Morgan fingerprint density at radius 2 is 2.33 bits per heavy atom. The van der Waals surface area contributed by atoms with Gasteiger partial charge in [-0.15, -0.1) is 22.9 Å². The van der Waals surface area contributed by atoms with Crippen molar-refractivity contribution in [3.63, 3.8) is 0 Å². The summed E-state index contributed by atoms with van der Waals surface area (Å²) in [7, 11) is 0. The van der Waals surface area contributed by atoms with Crippen LogP contribution in [0.25, 0.3) is 10.2 Å². The summed E-state index contributed by atoms with van der Waals surface area (Å²) in [5.74, 6) is 1.27. The quantitative estimate of drug-likeness (QED) is 0.815. The van der Waals surface area contributed by atoms with E-state index in [0.29, 0.717) is 11.7 Å². The van der Waals surface area contributed by atoms with Crippen molar-refractivity contribution in [3.05, 3.63) is 26.6 Å². The number of nitrogens with one attached hydrogen (secondary N) is 1. The zero-order chi connectivity index (χ0) is 12.9. The minimum atomic E-state index is -0.264. The van der Waals surface area contributed by atoms with E-state index in [1.807, 2.05) is 6.92 Å². The summed E-state index contributed by atoms with van der Waals surface area (Å²) in [4.78, 5) is 21.7. The van der Waals surface area contributed by atoms with Crippen LogP contribution in [-0.2, 0) is 12.8 Å². The molecule has 1 N–H and O–H groups in total. The molecule has 1 aliphatic rings. The van der Waals surface area contributed by atoms with E-state index >= 15 is 0 Å². The van der Waals surface area contributed by atoms with Crippen LogP contribution in [0.2, 0.25) is 0 Å². The molecule has 0 saturated carbocycles. The lowest BCUT2D eigenvalue weighted by Crippen LogP contribution is -2.14. The Bertz CT molecular complexity index is 659.